The van der Waals surface area contributed by atoms with Gasteiger partial charge in [-0.3, -0.25) is 4.79 Å². The second kappa shape index (κ2) is 11.0. The van der Waals surface area contributed by atoms with E-state index in [4.69, 9.17) is 9.47 Å². The van der Waals surface area contributed by atoms with Gasteiger partial charge in [-0.25, -0.2) is 12.7 Å². The Morgan fingerprint density at radius 2 is 1.88 bits per heavy atom. The van der Waals surface area contributed by atoms with Crippen molar-refractivity contribution in [1.29, 1.82) is 0 Å². The topological polar surface area (TPSA) is 84.9 Å². The number of hydrogen-bond acceptors (Lipinski definition) is 5. The third-order valence-corrected chi connectivity index (χ3v) is 5.04. The lowest BCUT2D eigenvalue weighted by molar-refractivity contribution is 0.0952. The number of ether oxygens (including phenoxy) is 2. The third kappa shape index (κ3) is 7.21. The van der Waals surface area contributed by atoms with Crippen molar-refractivity contribution < 1.29 is 22.7 Å². The molecule has 7 nitrogen and oxygen atoms in total. The molecule has 1 amide bonds. The highest BCUT2D eigenvalue weighted by Gasteiger charge is 2.14. The van der Waals surface area contributed by atoms with Gasteiger partial charge in [0.2, 0.25) is 10.0 Å². The summed E-state index contributed by atoms with van der Waals surface area (Å²) in [6.07, 6.45) is 2.62. The summed E-state index contributed by atoms with van der Waals surface area (Å²) in [5, 5.41) is 2.81. The first-order chi connectivity index (χ1) is 12.3. The summed E-state index contributed by atoms with van der Waals surface area (Å²) in [5.74, 6) is 0.940. The molecule has 0 spiro atoms. The molecule has 0 saturated heterocycles. The lowest BCUT2D eigenvalue weighted by Gasteiger charge is -2.17. The molecule has 26 heavy (non-hydrogen) atoms. The van der Waals surface area contributed by atoms with E-state index in [2.05, 4.69) is 5.32 Å². The molecule has 0 fully saturated rings. The summed E-state index contributed by atoms with van der Waals surface area (Å²) in [6.45, 7) is 7.93. The lowest BCUT2D eigenvalue weighted by Crippen LogP contribution is -2.33. The monoisotopic (exact) mass is 386 g/mol. The molecule has 1 aromatic rings. The van der Waals surface area contributed by atoms with Gasteiger partial charge in [0.15, 0.2) is 11.5 Å². The largest absolute Gasteiger partial charge is 0.490 e. The SMILES string of the molecule is CCCOc1ccc(C(=O)NCCCN(CC)S(C)(=O)=O)cc1OCC. The molecule has 148 valence electrons. The zero-order chi connectivity index (χ0) is 19.6. The molecular weight excluding hydrogens is 356 g/mol. The Bertz CT molecular complexity index is 676. The van der Waals surface area contributed by atoms with Crippen LogP contribution in [0.25, 0.3) is 0 Å². The fourth-order valence-corrected chi connectivity index (χ4v) is 3.30. The molecule has 1 N–H and O–H groups in total. The van der Waals surface area contributed by atoms with Gasteiger partial charge in [-0.1, -0.05) is 13.8 Å². The van der Waals surface area contributed by atoms with E-state index in [-0.39, 0.29) is 5.91 Å². The highest BCUT2D eigenvalue weighted by atomic mass is 32.2. The third-order valence-electron chi connectivity index (χ3n) is 3.66. The van der Waals surface area contributed by atoms with Gasteiger partial charge >= 0.3 is 0 Å². The van der Waals surface area contributed by atoms with Crippen molar-refractivity contribution in [2.24, 2.45) is 0 Å². The minimum Gasteiger partial charge on any atom is -0.490 e. The highest BCUT2D eigenvalue weighted by molar-refractivity contribution is 7.88. The number of nitrogens with one attached hydrogen (secondary N) is 1. The molecule has 1 aromatic carbocycles. The van der Waals surface area contributed by atoms with Crippen LogP contribution in [0.5, 0.6) is 11.5 Å². The molecule has 0 aliphatic rings. The lowest BCUT2D eigenvalue weighted by atomic mass is 10.2. The van der Waals surface area contributed by atoms with Crippen molar-refractivity contribution >= 4 is 15.9 Å². The fourth-order valence-electron chi connectivity index (χ4n) is 2.37. The Kier molecular flexibility index (Phi) is 9.43. The predicted molar refractivity (Wildman–Crippen MR) is 102 cm³/mol. The molecule has 0 aliphatic heterocycles. The van der Waals surface area contributed by atoms with Crippen LogP contribution in [0.1, 0.15) is 44.0 Å². The van der Waals surface area contributed by atoms with Crippen molar-refractivity contribution in [3.8, 4) is 11.5 Å². The van der Waals surface area contributed by atoms with E-state index in [1.807, 2.05) is 13.8 Å². The van der Waals surface area contributed by atoms with Gasteiger partial charge < -0.3 is 14.8 Å². The van der Waals surface area contributed by atoms with E-state index in [0.717, 1.165) is 6.42 Å². The average Bonchev–Trinajstić information content (AvgIpc) is 2.59. The van der Waals surface area contributed by atoms with Crippen molar-refractivity contribution in [2.75, 3.05) is 39.1 Å². The van der Waals surface area contributed by atoms with Crippen LogP contribution in [0.3, 0.4) is 0 Å². The van der Waals surface area contributed by atoms with E-state index in [0.29, 0.717) is 56.3 Å². The van der Waals surface area contributed by atoms with Crippen LogP contribution >= 0.6 is 0 Å². The quantitative estimate of drug-likeness (QED) is 0.557. The first kappa shape index (κ1) is 22.2. The second-order valence-electron chi connectivity index (χ2n) is 5.81. The first-order valence-corrected chi connectivity index (χ1v) is 10.8. The number of sulfonamides is 1. The van der Waals surface area contributed by atoms with Crippen LogP contribution < -0.4 is 14.8 Å². The molecule has 0 radical (unpaired) electrons. The van der Waals surface area contributed by atoms with E-state index in [1.165, 1.54) is 10.6 Å². The standard InChI is InChI=1S/C18H30N2O5S/c1-5-13-25-16-10-9-15(14-17(16)24-7-3)18(21)19-11-8-12-20(6-2)26(4,22)23/h9-10,14H,5-8,11-13H2,1-4H3,(H,19,21). The first-order valence-electron chi connectivity index (χ1n) is 8.96. The average molecular weight is 387 g/mol. The number of hydrogen-bond donors (Lipinski definition) is 1. The molecule has 0 saturated carbocycles. The maximum absolute atomic E-state index is 12.3. The number of carbonyl (C=O) groups is 1. The number of rotatable bonds is 12. The molecule has 0 unspecified atom stereocenters. The zero-order valence-electron chi connectivity index (χ0n) is 16.1. The Morgan fingerprint density at radius 3 is 2.46 bits per heavy atom. The second-order valence-corrected chi connectivity index (χ2v) is 7.79. The minimum absolute atomic E-state index is 0.226. The zero-order valence-corrected chi connectivity index (χ0v) is 16.9. The predicted octanol–water partition coefficient (Wildman–Crippen LogP) is 2.28. The van der Waals surface area contributed by atoms with Crippen LogP contribution in [0, 0.1) is 0 Å². The van der Waals surface area contributed by atoms with Gasteiger partial charge in [-0.15, -0.1) is 0 Å². The Balaban J connectivity index is 2.62. The fraction of sp³-hybridized carbons (Fsp3) is 0.611. The number of nitrogens with zero attached hydrogens (tertiary/aromatic N) is 1. The van der Waals surface area contributed by atoms with Gasteiger partial charge in [0, 0.05) is 25.2 Å². The normalized spacial score (nSPS) is 11.4. The van der Waals surface area contributed by atoms with Crippen molar-refractivity contribution in [3.05, 3.63) is 23.8 Å². The molecule has 0 aliphatic carbocycles. The molecule has 0 aromatic heterocycles. The van der Waals surface area contributed by atoms with E-state index < -0.39 is 10.0 Å². The van der Waals surface area contributed by atoms with Crippen LogP contribution in [-0.2, 0) is 10.0 Å². The summed E-state index contributed by atoms with van der Waals surface area (Å²) in [6, 6.07) is 5.09. The Hall–Kier alpha value is -1.80. The Labute approximate surface area is 156 Å². The molecule has 8 heteroatoms. The summed E-state index contributed by atoms with van der Waals surface area (Å²) < 4.78 is 35.6. The smallest absolute Gasteiger partial charge is 0.251 e. The molecule has 0 atom stereocenters. The van der Waals surface area contributed by atoms with Crippen LogP contribution in [0.2, 0.25) is 0 Å². The summed E-state index contributed by atoms with van der Waals surface area (Å²) in [5.41, 5.74) is 0.479. The van der Waals surface area contributed by atoms with Gasteiger partial charge in [0.05, 0.1) is 19.5 Å². The van der Waals surface area contributed by atoms with E-state index in [1.54, 1.807) is 25.1 Å². The Morgan fingerprint density at radius 1 is 1.15 bits per heavy atom. The molecule has 0 heterocycles. The van der Waals surface area contributed by atoms with Gasteiger partial charge in [0.1, 0.15) is 0 Å². The van der Waals surface area contributed by atoms with Crippen molar-refractivity contribution in [3.63, 3.8) is 0 Å². The van der Waals surface area contributed by atoms with E-state index in [9.17, 15) is 13.2 Å². The highest BCUT2D eigenvalue weighted by Crippen LogP contribution is 2.28. The van der Waals surface area contributed by atoms with Gasteiger partial charge in [-0.2, -0.15) is 0 Å². The van der Waals surface area contributed by atoms with Gasteiger partial charge in [-0.05, 0) is 38.0 Å². The number of carbonyl (C=O) groups excluding carboxylic acids is 1. The maximum atomic E-state index is 12.3. The minimum atomic E-state index is -3.20. The van der Waals surface area contributed by atoms with Crippen LogP contribution in [0.4, 0.5) is 0 Å². The van der Waals surface area contributed by atoms with Gasteiger partial charge in [0.25, 0.3) is 5.91 Å². The molecular formula is C18H30N2O5S. The summed E-state index contributed by atoms with van der Waals surface area (Å²) in [4.78, 5) is 12.3. The van der Waals surface area contributed by atoms with Crippen molar-refractivity contribution in [2.45, 2.75) is 33.6 Å². The van der Waals surface area contributed by atoms with E-state index >= 15 is 0 Å². The van der Waals surface area contributed by atoms with Crippen LogP contribution in [0.15, 0.2) is 18.2 Å². The molecule has 1 rings (SSSR count). The van der Waals surface area contributed by atoms with Crippen molar-refractivity contribution in [1.82, 2.24) is 9.62 Å². The molecule has 0 bridgehead atoms. The number of benzene rings is 1. The maximum Gasteiger partial charge on any atom is 0.251 e. The number of amides is 1. The van der Waals surface area contributed by atoms with Crippen LogP contribution in [-0.4, -0.2) is 57.7 Å². The summed E-state index contributed by atoms with van der Waals surface area (Å²) in [7, 11) is -3.20. The summed E-state index contributed by atoms with van der Waals surface area (Å²) >= 11 is 0.